The van der Waals surface area contributed by atoms with Crippen LogP contribution >= 0.6 is 12.4 Å². The van der Waals surface area contributed by atoms with E-state index < -0.39 is 0 Å². The maximum Gasteiger partial charge on any atom is 0.206 e. The van der Waals surface area contributed by atoms with E-state index in [1.165, 1.54) is 0 Å². The first-order valence-corrected chi connectivity index (χ1v) is 5.31. The summed E-state index contributed by atoms with van der Waals surface area (Å²) in [6, 6.07) is 5.61. The quantitative estimate of drug-likeness (QED) is 0.389. The molecule has 6 heteroatoms. The molecule has 0 saturated heterocycles. The summed E-state index contributed by atoms with van der Waals surface area (Å²) in [5.74, 6) is 0.987. The van der Waals surface area contributed by atoms with Gasteiger partial charge < -0.3 is 20.1 Å². The SMILES string of the molecule is CCOc1cccc2c(C)c(C(N)=NO)oc12.Cl. The zero-order valence-corrected chi connectivity index (χ0v) is 11.0. The number of nitrogens with zero attached hydrogens (tertiary/aromatic N) is 1. The van der Waals surface area contributed by atoms with Crippen LogP contribution in [-0.2, 0) is 0 Å². The van der Waals surface area contributed by atoms with E-state index in [0.717, 1.165) is 10.9 Å². The third kappa shape index (κ3) is 2.22. The van der Waals surface area contributed by atoms with Gasteiger partial charge in [-0.1, -0.05) is 17.3 Å². The smallest absolute Gasteiger partial charge is 0.206 e. The van der Waals surface area contributed by atoms with Crippen LogP contribution in [0.4, 0.5) is 0 Å². The average Bonchev–Trinajstić information content (AvgIpc) is 2.68. The van der Waals surface area contributed by atoms with Crippen molar-refractivity contribution in [3.8, 4) is 5.75 Å². The van der Waals surface area contributed by atoms with E-state index in [9.17, 15) is 0 Å². The van der Waals surface area contributed by atoms with Crippen LogP contribution in [0.5, 0.6) is 5.75 Å². The van der Waals surface area contributed by atoms with Crippen LogP contribution in [0.2, 0.25) is 0 Å². The molecule has 0 fully saturated rings. The van der Waals surface area contributed by atoms with E-state index in [2.05, 4.69) is 5.16 Å². The highest BCUT2D eigenvalue weighted by atomic mass is 35.5. The third-order valence-electron chi connectivity index (χ3n) is 2.57. The highest BCUT2D eigenvalue weighted by Crippen LogP contribution is 2.32. The van der Waals surface area contributed by atoms with Crippen molar-refractivity contribution in [1.82, 2.24) is 0 Å². The van der Waals surface area contributed by atoms with Gasteiger partial charge in [-0.05, 0) is 19.9 Å². The first kappa shape index (κ1) is 14.2. The highest BCUT2D eigenvalue weighted by molar-refractivity contribution is 6.01. The molecule has 1 heterocycles. The normalized spacial score (nSPS) is 11.3. The number of halogens is 1. The average molecular weight is 271 g/mol. The summed E-state index contributed by atoms with van der Waals surface area (Å²) in [5.41, 5.74) is 7.00. The topological polar surface area (TPSA) is 81.0 Å². The van der Waals surface area contributed by atoms with Gasteiger partial charge >= 0.3 is 0 Å². The van der Waals surface area contributed by atoms with Crippen LogP contribution in [0, 0.1) is 6.92 Å². The van der Waals surface area contributed by atoms with Gasteiger partial charge in [0, 0.05) is 10.9 Å². The van der Waals surface area contributed by atoms with E-state index in [1.54, 1.807) is 0 Å². The Bertz CT molecular complexity index is 578. The molecule has 0 aliphatic carbocycles. The summed E-state index contributed by atoms with van der Waals surface area (Å²) in [6.07, 6.45) is 0. The van der Waals surface area contributed by atoms with Gasteiger partial charge in [-0.3, -0.25) is 0 Å². The fourth-order valence-corrected chi connectivity index (χ4v) is 1.78. The number of aryl methyl sites for hydroxylation is 1. The number of hydrogen-bond acceptors (Lipinski definition) is 4. The number of para-hydroxylation sites is 1. The number of oxime groups is 1. The predicted octanol–water partition coefficient (Wildman–Crippen LogP) is 2.66. The van der Waals surface area contributed by atoms with Gasteiger partial charge in [-0.15, -0.1) is 12.4 Å². The molecule has 0 saturated carbocycles. The molecule has 0 amide bonds. The number of hydrogen-bond donors (Lipinski definition) is 2. The minimum Gasteiger partial charge on any atom is -0.490 e. The molecule has 0 bridgehead atoms. The Labute approximate surface area is 111 Å². The number of furan rings is 1. The lowest BCUT2D eigenvalue weighted by Crippen LogP contribution is -2.13. The van der Waals surface area contributed by atoms with E-state index in [0.29, 0.717) is 23.7 Å². The molecule has 0 radical (unpaired) electrons. The molecule has 5 nitrogen and oxygen atoms in total. The fraction of sp³-hybridized carbons (Fsp3) is 0.250. The van der Waals surface area contributed by atoms with E-state index in [-0.39, 0.29) is 18.2 Å². The van der Waals surface area contributed by atoms with Crippen molar-refractivity contribution in [3.63, 3.8) is 0 Å². The van der Waals surface area contributed by atoms with Crippen LogP contribution in [0.3, 0.4) is 0 Å². The lowest BCUT2D eigenvalue weighted by atomic mass is 10.1. The molecule has 0 unspecified atom stereocenters. The fourth-order valence-electron chi connectivity index (χ4n) is 1.78. The number of fused-ring (bicyclic) bond motifs is 1. The van der Waals surface area contributed by atoms with Crippen molar-refractivity contribution in [1.29, 1.82) is 0 Å². The summed E-state index contributed by atoms with van der Waals surface area (Å²) in [5, 5.41) is 12.5. The molecule has 3 N–H and O–H groups in total. The Hall–Kier alpha value is -1.88. The molecule has 98 valence electrons. The van der Waals surface area contributed by atoms with E-state index >= 15 is 0 Å². The predicted molar refractivity (Wildman–Crippen MR) is 71.9 cm³/mol. The van der Waals surface area contributed by atoms with Crippen LogP contribution in [-0.4, -0.2) is 17.6 Å². The maximum atomic E-state index is 8.68. The molecule has 1 aromatic heterocycles. The Morgan fingerprint density at radius 2 is 2.22 bits per heavy atom. The van der Waals surface area contributed by atoms with Crippen molar-refractivity contribution in [2.24, 2.45) is 10.9 Å². The number of rotatable bonds is 3. The zero-order chi connectivity index (χ0) is 12.4. The maximum absolute atomic E-state index is 8.68. The number of amidine groups is 1. The second-order valence-corrected chi connectivity index (χ2v) is 3.61. The second kappa shape index (κ2) is 5.64. The van der Waals surface area contributed by atoms with Crippen molar-refractivity contribution in [2.45, 2.75) is 13.8 Å². The van der Waals surface area contributed by atoms with Crippen molar-refractivity contribution in [2.75, 3.05) is 6.61 Å². The standard InChI is InChI=1S/C12H14N2O3.ClH/c1-3-16-9-6-4-5-8-7(2)10(12(13)14-15)17-11(8)9;/h4-6,15H,3H2,1-2H3,(H2,13,14);1H. The lowest BCUT2D eigenvalue weighted by molar-refractivity contribution is 0.317. The monoisotopic (exact) mass is 270 g/mol. The molecular weight excluding hydrogens is 256 g/mol. The Morgan fingerprint density at radius 3 is 2.83 bits per heavy atom. The van der Waals surface area contributed by atoms with Gasteiger partial charge in [0.1, 0.15) is 0 Å². The summed E-state index contributed by atoms with van der Waals surface area (Å²) in [7, 11) is 0. The van der Waals surface area contributed by atoms with Gasteiger partial charge in [0.15, 0.2) is 17.1 Å². The van der Waals surface area contributed by atoms with Gasteiger partial charge in [0.25, 0.3) is 0 Å². The van der Waals surface area contributed by atoms with Crippen LogP contribution in [0.1, 0.15) is 18.2 Å². The van der Waals surface area contributed by atoms with Gasteiger partial charge in [-0.2, -0.15) is 0 Å². The molecule has 0 aliphatic rings. The van der Waals surface area contributed by atoms with E-state index in [1.807, 2.05) is 32.0 Å². The summed E-state index contributed by atoms with van der Waals surface area (Å²) < 4.78 is 11.1. The first-order chi connectivity index (χ1) is 8.19. The number of benzene rings is 1. The van der Waals surface area contributed by atoms with Gasteiger partial charge in [0.2, 0.25) is 5.84 Å². The molecule has 0 atom stereocenters. The van der Waals surface area contributed by atoms with Gasteiger partial charge in [0.05, 0.1) is 6.61 Å². The second-order valence-electron chi connectivity index (χ2n) is 3.61. The number of nitrogens with two attached hydrogens (primary N) is 1. The minimum absolute atomic E-state index is 0. The number of ether oxygens (including phenoxy) is 1. The minimum atomic E-state index is -0.0406. The van der Waals surface area contributed by atoms with Crippen LogP contribution < -0.4 is 10.5 Å². The summed E-state index contributed by atoms with van der Waals surface area (Å²) >= 11 is 0. The van der Waals surface area contributed by atoms with Crippen molar-refractivity contribution >= 4 is 29.2 Å². The van der Waals surface area contributed by atoms with E-state index in [4.69, 9.17) is 20.1 Å². The first-order valence-electron chi connectivity index (χ1n) is 5.31. The summed E-state index contributed by atoms with van der Waals surface area (Å²) in [4.78, 5) is 0. The van der Waals surface area contributed by atoms with Gasteiger partial charge in [-0.25, -0.2) is 0 Å². The molecule has 18 heavy (non-hydrogen) atoms. The van der Waals surface area contributed by atoms with Crippen molar-refractivity contribution in [3.05, 3.63) is 29.5 Å². The Kier molecular flexibility index (Phi) is 4.44. The lowest BCUT2D eigenvalue weighted by Gasteiger charge is -2.02. The largest absolute Gasteiger partial charge is 0.490 e. The van der Waals surface area contributed by atoms with Crippen molar-refractivity contribution < 1.29 is 14.4 Å². The molecule has 1 aromatic carbocycles. The summed E-state index contributed by atoms with van der Waals surface area (Å²) in [6.45, 7) is 4.31. The third-order valence-corrected chi connectivity index (χ3v) is 2.57. The Balaban J connectivity index is 0.00000162. The molecular formula is C12H15ClN2O3. The molecule has 2 rings (SSSR count). The molecule has 0 spiro atoms. The molecule has 2 aromatic rings. The highest BCUT2D eigenvalue weighted by Gasteiger charge is 2.16. The van der Waals surface area contributed by atoms with Crippen LogP contribution in [0.25, 0.3) is 11.0 Å². The zero-order valence-electron chi connectivity index (χ0n) is 10.1. The van der Waals surface area contributed by atoms with Crippen LogP contribution in [0.15, 0.2) is 27.8 Å². The Morgan fingerprint density at radius 1 is 1.50 bits per heavy atom. The molecule has 0 aliphatic heterocycles.